The summed E-state index contributed by atoms with van der Waals surface area (Å²) in [5.41, 5.74) is 4.21. The molecule has 1 atom stereocenters. The van der Waals surface area contributed by atoms with Crippen LogP contribution in [0.15, 0.2) is 30.6 Å². The lowest BCUT2D eigenvalue weighted by Gasteiger charge is -2.12. The molecule has 6 heteroatoms. The molecule has 21 heavy (non-hydrogen) atoms. The lowest BCUT2D eigenvalue weighted by Crippen LogP contribution is -2.26. The standard InChI is InChI=1S/C15H18N4O.ClH/c1-10(14-8-17-19(2)9-14)18-15(20)11-3-4-12-6-16-7-13(12)5-11;/h3-5,8-10,16H,6-7H2,1-2H3,(H,18,20);1H. The van der Waals surface area contributed by atoms with E-state index >= 15 is 0 Å². The number of aryl methyl sites for hydroxylation is 1. The Kier molecular flexibility index (Phi) is 4.65. The van der Waals surface area contributed by atoms with Crippen molar-refractivity contribution >= 4 is 18.3 Å². The zero-order valence-electron chi connectivity index (χ0n) is 12.1. The van der Waals surface area contributed by atoms with Gasteiger partial charge in [-0.2, -0.15) is 5.10 Å². The largest absolute Gasteiger partial charge is 0.345 e. The van der Waals surface area contributed by atoms with Gasteiger partial charge in [0.2, 0.25) is 0 Å². The molecule has 3 rings (SSSR count). The molecule has 2 heterocycles. The molecular weight excluding hydrogens is 288 g/mol. The Labute approximate surface area is 130 Å². The number of nitrogens with one attached hydrogen (secondary N) is 2. The normalized spacial score (nSPS) is 14.2. The molecule has 0 saturated heterocycles. The van der Waals surface area contributed by atoms with E-state index in [1.54, 1.807) is 10.9 Å². The summed E-state index contributed by atoms with van der Waals surface area (Å²) in [6, 6.07) is 5.83. The van der Waals surface area contributed by atoms with Gasteiger partial charge in [-0.1, -0.05) is 6.07 Å². The average molecular weight is 307 g/mol. The predicted octanol–water partition coefficient (Wildman–Crippen LogP) is 1.94. The van der Waals surface area contributed by atoms with Gasteiger partial charge in [-0.15, -0.1) is 12.4 Å². The minimum Gasteiger partial charge on any atom is -0.345 e. The van der Waals surface area contributed by atoms with Crippen molar-refractivity contribution in [1.29, 1.82) is 0 Å². The van der Waals surface area contributed by atoms with Gasteiger partial charge in [0, 0.05) is 37.5 Å². The highest BCUT2D eigenvalue weighted by molar-refractivity contribution is 5.94. The Hall–Kier alpha value is -1.85. The number of nitrogens with zero attached hydrogens (tertiary/aromatic N) is 2. The van der Waals surface area contributed by atoms with Crippen molar-refractivity contribution in [2.45, 2.75) is 26.1 Å². The second-order valence-corrected chi connectivity index (χ2v) is 5.23. The number of hydrogen-bond acceptors (Lipinski definition) is 3. The predicted molar refractivity (Wildman–Crippen MR) is 83.3 cm³/mol. The number of rotatable bonds is 3. The number of amides is 1. The highest BCUT2D eigenvalue weighted by atomic mass is 35.5. The van der Waals surface area contributed by atoms with E-state index in [0.29, 0.717) is 5.56 Å². The molecule has 1 amide bonds. The summed E-state index contributed by atoms with van der Waals surface area (Å²) in [5.74, 6) is -0.0453. The molecule has 1 aromatic heterocycles. The van der Waals surface area contributed by atoms with Gasteiger partial charge in [0.15, 0.2) is 0 Å². The van der Waals surface area contributed by atoms with E-state index in [1.807, 2.05) is 38.4 Å². The van der Waals surface area contributed by atoms with Gasteiger partial charge >= 0.3 is 0 Å². The van der Waals surface area contributed by atoms with Gasteiger partial charge in [-0.25, -0.2) is 0 Å². The first-order valence-corrected chi connectivity index (χ1v) is 6.75. The zero-order chi connectivity index (χ0) is 14.1. The van der Waals surface area contributed by atoms with Crippen molar-refractivity contribution in [3.63, 3.8) is 0 Å². The van der Waals surface area contributed by atoms with Gasteiger partial charge in [-0.3, -0.25) is 9.48 Å². The molecule has 1 unspecified atom stereocenters. The Morgan fingerprint density at radius 1 is 1.38 bits per heavy atom. The maximum absolute atomic E-state index is 12.3. The fourth-order valence-corrected chi connectivity index (χ4v) is 2.46. The van der Waals surface area contributed by atoms with Crippen molar-refractivity contribution in [2.24, 2.45) is 7.05 Å². The SMILES string of the molecule is CC(NC(=O)c1ccc2c(c1)CNC2)c1cnn(C)c1.Cl. The smallest absolute Gasteiger partial charge is 0.251 e. The Bertz CT molecular complexity index is 653. The van der Waals surface area contributed by atoms with Crippen LogP contribution in [0.2, 0.25) is 0 Å². The van der Waals surface area contributed by atoms with Crippen molar-refractivity contribution in [3.8, 4) is 0 Å². The van der Waals surface area contributed by atoms with Gasteiger partial charge in [0.25, 0.3) is 5.91 Å². The van der Waals surface area contributed by atoms with Crippen LogP contribution in [0.25, 0.3) is 0 Å². The summed E-state index contributed by atoms with van der Waals surface area (Å²) >= 11 is 0. The number of benzene rings is 1. The highest BCUT2D eigenvalue weighted by Gasteiger charge is 2.16. The van der Waals surface area contributed by atoms with Crippen LogP contribution >= 0.6 is 12.4 Å². The van der Waals surface area contributed by atoms with Crippen LogP contribution in [0.5, 0.6) is 0 Å². The molecule has 0 bridgehead atoms. The molecule has 0 saturated carbocycles. The van der Waals surface area contributed by atoms with Crippen molar-refractivity contribution in [3.05, 3.63) is 52.8 Å². The lowest BCUT2D eigenvalue weighted by molar-refractivity contribution is 0.0940. The maximum atomic E-state index is 12.3. The number of carbonyl (C=O) groups is 1. The molecule has 0 spiro atoms. The number of hydrogen-bond donors (Lipinski definition) is 2. The van der Waals surface area contributed by atoms with Crippen LogP contribution in [-0.2, 0) is 20.1 Å². The number of fused-ring (bicyclic) bond motifs is 1. The Morgan fingerprint density at radius 2 is 2.14 bits per heavy atom. The third kappa shape index (κ3) is 3.25. The van der Waals surface area contributed by atoms with Gasteiger partial charge in [0.1, 0.15) is 0 Å². The van der Waals surface area contributed by atoms with E-state index in [2.05, 4.69) is 15.7 Å². The van der Waals surface area contributed by atoms with Crippen LogP contribution in [-0.4, -0.2) is 15.7 Å². The molecule has 0 aliphatic carbocycles. The van der Waals surface area contributed by atoms with E-state index in [4.69, 9.17) is 0 Å². The van der Waals surface area contributed by atoms with Gasteiger partial charge in [0.05, 0.1) is 12.2 Å². The number of halogens is 1. The van der Waals surface area contributed by atoms with Crippen LogP contribution in [0, 0.1) is 0 Å². The summed E-state index contributed by atoms with van der Waals surface area (Å²) in [6.07, 6.45) is 3.69. The molecule has 2 aromatic rings. The van der Waals surface area contributed by atoms with Gasteiger partial charge < -0.3 is 10.6 Å². The number of carbonyl (C=O) groups excluding carboxylic acids is 1. The Morgan fingerprint density at radius 3 is 2.86 bits per heavy atom. The lowest BCUT2D eigenvalue weighted by atomic mass is 10.1. The maximum Gasteiger partial charge on any atom is 0.251 e. The molecule has 0 radical (unpaired) electrons. The quantitative estimate of drug-likeness (QED) is 0.911. The first-order valence-electron chi connectivity index (χ1n) is 6.75. The average Bonchev–Trinajstić information content (AvgIpc) is 3.05. The van der Waals surface area contributed by atoms with Crippen LogP contribution in [0.1, 0.15) is 40.0 Å². The molecule has 1 aromatic carbocycles. The van der Waals surface area contributed by atoms with Crippen LogP contribution in [0.4, 0.5) is 0 Å². The fourth-order valence-electron chi connectivity index (χ4n) is 2.46. The molecule has 1 aliphatic rings. The second kappa shape index (κ2) is 6.28. The van der Waals surface area contributed by atoms with E-state index in [9.17, 15) is 4.79 Å². The third-order valence-corrected chi connectivity index (χ3v) is 3.67. The summed E-state index contributed by atoms with van der Waals surface area (Å²) in [4.78, 5) is 12.3. The molecule has 2 N–H and O–H groups in total. The summed E-state index contributed by atoms with van der Waals surface area (Å²) < 4.78 is 1.74. The van der Waals surface area contributed by atoms with E-state index in [1.165, 1.54) is 11.1 Å². The minimum atomic E-state index is -0.0532. The summed E-state index contributed by atoms with van der Waals surface area (Å²) in [7, 11) is 1.87. The van der Waals surface area contributed by atoms with Gasteiger partial charge in [-0.05, 0) is 30.2 Å². The number of aromatic nitrogens is 2. The molecule has 0 fully saturated rings. The molecular formula is C15H19ClN4O. The first-order chi connectivity index (χ1) is 9.63. The minimum absolute atomic E-state index is 0. The van der Waals surface area contributed by atoms with Crippen LogP contribution in [0.3, 0.4) is 0 Å². The summed E-state index contributed by atoms with van der Waals surface area (Å²) in [5, 5.41) is 10.4. The molecule has 112 valence electrons. The zero-order valence-corrected chi connectivity index (χ0v) is 12.9. The van der Waals surface area contributed by atoms with E-state index < -0.39 is 0 Å². The first kappa shape index (κ1) is 15.5. The molecule has 1 aliphatic heterocycles. The third-order valence-electron chi connectivity index (χ3n) is 3.67. The van der Waals surface area contributed by atoms with Crippen molar-refractivity contribution in [1.82, 2.24) is 20.4 Å². The highest BCUT2D eigenvalue weighted by Crippen LogP contribution is 2.18. The second-order valence-electron chi connectivity index (χ2n) is 5.23. The van der Waals surface area contributed by atoms with Crippen LogP contribution < -0.4 is 10.6 Å². The summed E-state index contributed by atoms with van der Waals surface area (Å²) in [6.45, 7) is 3.70. The van der Waals surface area contributed by atoms with E-state index in [-0.39, 0.29) is 24.4 Å². The molecule has 5 nitrogen and oxygen atoms in total. The fraction of sp³-hybridized carbons (Fsp3) is 0.333. The Balaban J connectivity index is 0.00000161. The monoisotopic (exact) mass is 306 g/mol. The van der Waals surface area contributed by atoms with Crippen molar-refractivity contribution < 1.29 is 4.79 Å². The topological polar surface area (TPSA) is 59.0 Å². The van der Waals surface area contributed by atoms with Crippen molar-refractivity contribution in [2.75, 3.05) is 0 Å². The van der Waals surface area contributed by atoms with E-state index in [0.717, 1.165) is 18.7 Å².